The smallest absolute Gasteiger partial charge is 0.334 e. The van der Waals surface area contributed by atoms with Crippen LogP contribution in [0.2, 0.25) is 0 Å². The summed E-state index contributed by atoms with van der Waals surface area (Å²) in [5, 5.41) is 8.99. The third-order valence-electron chi connectivity index (χ3n) is 8.10. The minimum absolute atomic E-state index is 0.00403. The molecule has 5 atom stereocenters. The molecule has 0 saturated carbocycles. The van der Waals surface area contributed by atoms with E-state index in [0.29, 0.717) is 28.2 Å². The Labute approximate surface area is 276 Å². The molecule has 0 amide bonds. The molecule has 2 bridgehead atoms. The molecule has 5 unspecified atom stereocenters. The number of hydrogen-bond donors (Lipinski definition) is 1. The summed E-state index contributed by atoms with van der Waals surface area (Å²) >= 11 is 0. The minimum Gasteiger partial charge on any atom is -0.497 e. The zero-order valence-corrected chi connectivity index (χ0v) is 26.8. The van der Waals surface area contributed by atoms with Crippen molar-refractivity contribution in [2.24, 2.45) is 0 Å². The molecule has 2 fully saturated rings. The van der Waals surface area contributed by atoms with Gasteiger partial charge in [-0.05, 0) is 41.0 Å². The largest absolute Gasteiger partial charge is 0.497 e. The number of fused-ring (bicyclic) bond motifs is 2. The van der Waals surface area contributed by atoms with Crippen molar-refractivity contribution in [3.05, 3.63) is 95.6 Å². The second-order valence-corrected chi connectivity index (χ2v) is 11.2. The Morgan fingerprint density at radius 3 is 1.83 bits per heavy atom. The second kappa shape index (κ2) is 14.4. The highest BCUT2D eigenvalue weighted by Gasteiger charge is 2.73. The molecule has 48 heavy (non-hydrogen) atoms. The van der Waals surface area contributed by atoms with Gasteiger partial charge in [-0.2, -0.15) is 0 Å². The van der Waals surface area contributed by atoms with Crippen LogP contribution in [0.15, 0.2) is 78.9 Å². The molecule has 0 spiro atoms. The Bertz CT molecular complexity index is 1560. The van der Waals surface area contributed by atoms with Crippen LogP contribution in [-0.2, 0) is 53.2 Å². The summed E-state index contributed by atoms with van der Waals surface area (Å²) in [5.74, 6) is -4.63. The number of carboxylic acids is 1. The number of carbonyl (C=O) groups is 4. The van der Waals surface area contributed by atoms with Crippen LogP contribution in [0.3, 0.4) is 0 Å². The van der Waals surface area contributed by atoms with Gasteiger partial charge in [-0.3, -0.25) is 9.59 Å². The third kappa shape index (κ3) is 6.84. The van der Waals surface area contributed by atoms with Gasteiger partial charge in [-0.1, -0.05) is 54.6 Å². The topological polar surface area (TPSA) is 162 Å². The molecule has 5 rings (SSSR count). The van der Waals surface area contributed by atoms with Gasteiger partial charge in [0.05, 0.1) is 14.2 Å². The zero-order chi connectivity index (χ0) is 34.5. The molecule has 13 nitrogen and oxygen atoms in total. The van der Waals surface area contributed by atoms with Crippen molar-refractivity contribution < 1.29 is 62.2 Å². The van der Waals surface area contributed by atoms with Crippen molar-refractivity contribution in [2.75, 3.05) is 27.4 Å². The Kier molecular flexibility index (Phi) is 10.3. The number of carboxylic acid groups (broad SMARTS) is 1. The maximum Gasteiger partial charge on any atom is 0.334 e. The Morgan fingerprint density at radius 2 is 1.33 bits per heavy atom. The van der Waals surface area contributed by atoms with Gasteiger partial charge in [-0.15, -0.1) is 0 Å². The van der Waals surface area contributed by atoms with Gasteiger partial charge < -0.3 is 43.0 Å². The summed E-state index contributed by atoms with van der Waals surface area (Å²) in [4.78, 5) is 49.1. The van der Waals surface area contributed by atoms with E-state index >= 15 is 0 Å². The van der Waals surface area contributed by atoms with E-state index in [2.05, 4.69) is 0 Å². The van der Waals surface area contributed by atoms with Gasteiger partial charge in [0, 0.05) is 20.3 Å². The summed E-state index contributed by atoms with van der Waals surface area (Å²) in [6, 6.07) is 23.5. The van der Waals surface area contributed by atoms with Gasteiger partial charge >= 0.3 is 23.9 Å². The molecule has 1 N–H and O–H groups in total. The highest BCUT2D eigenvalue weighted by atomic mass is 16.8. The first kappa shape index (κ1) is 34.4. The van der Waals surface area contributed by atoms with Crippen molar-refractivity contribution in [1.82, 2.24) is 0 Å². The van der Waals surface area contributed by atoms with Gasteiger partial charge in [0.15, 0.2) is 18.3 Å². The summed E-state index contributed by atoms with van der Waals surface area (Å²) < 4.78 is 46.7. The van der Waals surface area contributed by atoms with Crippen LogP contribution in [0, 0.1) is 0 Å². The molecule has 0 aromatic heterocycles. The fraction of sp³-hybridized carbons (Fsp3) is 0.371. The van der Waals surface area contributed by atoms with Crippen LogP contribution in [0.5, 0.6) is 11.5 Å². The van der Waals surface area contributed by atoms with Gasteiger partial charge in [0.1, 0.15) is 36.4 Å². The lowest BCUT2D eigenvalue weighted by Gasteiger charge is -2.45. The first-order valence-electron chi connectivity index (χ1n) is 15.1. The van der Waals surface area contributed by atoms with Crippen LogP contribution < -0.4 is 9.47 Å². The van der Waals surface area contributed by atoms with E-state index < -0.39 is 72.9 Å². The third-order valence-corrected chi connectivity index (χ3v) is 8.10. The predicted molar refractivity (Wildman–Crippen MR) is 165 cm³/mol. The summed E-state index contributed by atoms with van der Waals surface area (Å²) in [5.41, 5.74) is 0.357. The fourth-order valence-corrected chi connectivity index (χ4v) is 6.22. The van der Waals surface area contributed by atoms with E-state index in [4.69, 9.17) is 43.0 Å². The number of esters is 3. The van der Waals surface area contributed by atoms with Crippen molar-refractivity contribution in [3.8, 4) is 11.5 Å². The van der Waals surface area contributed by atoms with Crippen LogP contribution >= 0.6 is 0 Å². The highest BCUT2D eigenvalue weighted by Crippen LogP contribution is 2.53. The Balaban J connectivity index is 1.72. The van der Waals surface area contributed by atoms with E-state index in [-0.39, 0.29) is 6.42 Å². The van der Waals surface area contributed by atoms with Crippen molar-refractivity contribution in [1.29, 1.82) is 0 Å². The lowest BCUT2D eigenvalue weighted by atomic mass is 9.78. The molecule has 13 heteroatoms. The van der Waals surface area contributed by atoms with E-state index in [1.165, 1.54) is 13.8 Å². The molecule has 2 saturated heterocycles. The SMILES string of the molecule is COc1ccc(C(OC2C(OC(C)=O)C3CC(OC(C)=O)C2(OC(=O)COCC(=O)O)O3)(c2ccccc2)c2ccc(OC)cc2)cc1. The minimum atomic E-state index is -2.14. The monoisotopic (exact) mass is 664 g/mol. The number of methoxy groups -OCH3 is 2. The summed E-state index contributed by atoms with van der Waals surface area (Å²) in [6.45, 7) is 0.893. The molecule has 254 valence electrons. The normalized spacial score (nSPS) is 22.8. The zero-order valence-electron chi connectivity index (χ0n) is 26.8. The average molecular weight is 665 g/mol. The van der Waals surface area contributed by atoms with Crippen molar-refractivity contribution in [3.63, 3.8) is 0 Å². The fourth-order valence-electron chi connectivity index (χ4n) is 6.22. The molecule has 0 radical (unpaired) electrons. The predicted octanol–water partition coefficient (Wildman–Crippen LogP) is 3.39. The Morgan fingerprint density at radius 1 is 0.792 bits per heavy atom. The van der Waals surface area contributed by atoms with E-state index in [1.807, 2.05) is 54.6 Å². The van der Waals surface area contributed by atoms with Crippen molar-refractivity contribution >= 4 is 23.9 Å². The number of rotatable bonds is 14. The lowest BCUT2D eigenvalue weighted by Crippen LogP contribution is -2.61. The maximum atomic E-state index is 13.2. The van der Waals surface area contributed by atoms with E-state index in [1.54, 1.807) is 38.5 Å². The average Bonchev–Trinajstić information content (AvgIpc) is 3.55. The molecular formula is C35H36O13. The molecule has 3 aromatic carbocycles. The first-order valence-corrected chi connectivity index (χ1v) is 15.1. The highest BCUT2D eigenvalue weighted by molar-refractivity contribution is 5.73. The lowest BCUT2D eigenvalue weighted by molar-refractivity contribution is -0.285. The Hall–Kier alpha value is -4.98. The van der Waals surface area contributed by atoms with Crippen LogP contribution in [0.1, 0.15) is 37.0 Å². The number of aliphatic carboxylic acids is 1. The standard InChI is InChI=1S/C35H36O13/c1-21(36)44-29-18-28-32(45-22(2)37)33(35(29,46-28)47-31(40)20-43-19-30(38)39)48-34(23-8-6-5-7-9-23,24-10-14-26(41-3)15-11-24)25-12-16-27(42-4)17-13-25/h5-17,28-29,32-33H,18-20H2,1-4H3,(H,38,39). The van der Waals surface area contributed by atoms with Crippen LogP contribution in [-0.4, -0.2) is 86.6 Å². The molecule has 2 aliphatic rings. The number of carbonyl (C=O) groups excluding carboxylic acids is 3. The van der Waals surface area contributed by atoms with E-state index in [0.717, 1.165) is 0 Å². The van der Waals surface area contributed by atoms with Crippen LogP contribution in [0.4, 0.5) is 0 Å². The molecule has 2 aliphatic heterocycles. The number of ether oxygens (including phenoxy) is 8. The molecule has 0 aliphatic carbocycles. The summed E-state index contributed by atoms with van der Waals surface area (Å²) in [7, 11) is 3.09. The van der Waals surface area contributed by atoms with Crippen molar-refractivity contribution in [2.45, 2.75) is 56.1 Å². The first-order chi connectivity index (χ1) is 23.0. The molecule has 2 heterocycles. The van der Waals surface area contributed by atoms with Gasteiger partial charge in [0.2, 0.25) is 0 Å². The van der Waals surface area contributed by atoms with Crippen LogP contribution in [0.25, 0.3) is 0 Å². The number of hydrogen-bond acceptors (Lipinski definition) is 12. The van der Waals surface area contributed by atoms with E-state index in [9.17, 15) is 19.2 Å². The maximum absolute atomic E-state index is 13.2. The van der Waals surface area contributed by atoms with Gasteiger partial charge in [-0.25, -0.2) is 9.59 Å². The summed E-state index contributed by atoms with van der Waals surface area (Å²) in [6.07, 6.45) is -4.65. The molecular weight excluding hydrogens is 628 g/mol. The van der Waals surface area contributed by atoms with Gasteiger partial charge in [0.25, 0.3) is 5.79 Å². The number of benzene rings is 3. The quantitative estimate of drug-likeness (QED) is 0.152. The molecule has 3 aromatic rings. The second-order valence-electron chi connectivity index (χ2n) is 11.2.